The van der Waals surface area contributed by atoms with Crippen molar-refractivity contribution < 1.29 is 14.3 Å². The molecule has 0 aliphatic rings. The van der Waals surface area contributed by atoms with Gasteiger partial charge in [0.1, 0.15) is 11.8 Å². The third kappa shape index (κ3) is 6.35. The molecule has 0 aromatic heterocycles. The molecule has 0 bridgehead atoms. The molecule has 0 aliphatic carbocycles. The highest BCUT2D eigenvalue weighted by atomic mass is 16.5. The van der Waals surface area contributed by atoms with Gasteiger partial charge in [-0.2, -0.15) is 0 Å². The zero-order chi connectivity index (χ0) is 23.8. The lowest BCUT2D eigenvalue weighted by Crippen LogP contribution is -2.47. The summed E-state index contributed by atoms with van der Waals surface area (Å²) in [5.74, 6) is -0.260. The number of nitrogens with one attached hydrogen (secondary N) is 3. The number of carbonyl (C=O) groups is 2. The first-order chi connectivity index (χ1) is 15.9. The third-order valence-corrected chi connectivity index (χ3v) is 5.42. The van der Waals surface area contributed by atoms with E-state index < -0.39 is 6.04 Å². The highest BCUT2D eigenvalue weighted by molar-refractivity contribution is 6.02. The molecule has 2 unspecified atom stereocenters. The van der Waals surface area contributed by atoms with Gasteiger partial charge in [-0.05, 0) is 54.8 Å². The van der Waals surface area contributed by atoms with E-state index in [2.05, 4.69) is 35.0 Å². The van der Waals surface area contributed by atoms with E-state index in [1.807, 2.05) is 56.3 Å². The maximum absolute atomic E-state index is 13.0. The van der Waals surface area contributed by atoms with Gasteiger partial charge in [-0.25, -0.2) is 0 Å². The average Bonchev–Trinajstić information content (AvgIpc) is 2.83. The number of hydrogen-bond acceptors (Lipinski definition) is 4. The molecule has 0 heterocycles. The molecule has 3 aromatic rings. The van der Waals surface area contributed by atoms with Crippen LogP contribution in [0.5, 0.6) is 5.75 Å². The van der Waals surface area contributed by atoms with E-state index in [0.29, 0.717) is 17.0 Å². The molecule has 3 N–H and O–H groups in total. The number of ether oxygens (including phenoxy) is 1. The summed E-state index contributed by atoms with van der Waals surface area (Å²) in [7, 11) is 1.51. The number of carbonyl (C=O) groups excluding carboxylic acids is 2. The molecular weight excluding hydrogens is 414 g/mol. The monoisotopic (exact) mass is 445 g/mol. The number of anilines is 2. The summed E-state index contributed by atoms with van der Waals surface area (Å²) < 4.78 is 5.26. The van der Waals surface area contributed by atoms with Gasteiger partial charge in [0.05, 0.1) is 12.7 Å². The van der Waals surface area contributed by atoms with Crippen molar-refractivity contribution in [3.63, 3.8) is 0 Å². The fourth-order valence-corrected chi connectivity index (χ4v) is 3.53. The fraction of sp³-hybridized carbons (Fsp3) is 0.259. The average molecular weight is 446 g/mol. The van der Waals surface area contributed by atoms with Gasteiger partial charge in [-0.1, -0.05) is 56.3 Å². The minimum absolute atomic E-state index is 0.101. The van der Waals surface area contributed by atoms with E-state index in [4.69, 9.17) is 4.74 Å². The van der Waals surface area contributed by atoms with E-state index >= 15 is 0 Å². The van der Waals surface area contributed by atoms with Crippen molar-refractivity contribution in [2.24, 2.45) is 5.92 Å². The van der Waals surface area contributed by atoms with Crippen LogP contribution in [0.15, 0.2) is 78.9 Å². The number of hydrogen-bond donors (Lipinski definition) is 3. The normalized spacial score (nSPS) is 12.5. The molecule has 0 aliphatic heterocycles. The molecule has 0 fully saturated rings. The zero-order valence-corrected chi connectivity index (χ0v) is 19.5. The topological polar surface area (TPSA) is 79.5 Å². The number of para-hydroxylation sites is 1. The Balaban J connectivity index is 1.63. The summed E-state index contributed by atoms with van der Waals surface area (Å²) in [5, 5.41) is 9.20. The van der Waals surface area contributed by atoms with Crippen LogP contribution in [0.1, 0.15) is 42.7 Å². The van der Waals surface area contributed by atoms with Crippen LogP contribution in [0.3, 0.4) is 0 Å². The molecular formula is C27H31N3O3. The van der Waals surface area contributed by atoms with Crippen LogP contribution < -0.4 is 20.7 Å². The number of benzene rings is 3. The maximum Gasteiger partial charge on any atom is 0.255 e. The molecule has 0 radical (unpaired) electrons. The van der Waals surface area contributed by atoms with Crippen molar-refractivity contribution in [2.45, 2.75) is 32.9 Å². The molecule has 6 heteroatoms. The first-order valence-corrected chi connectivity index (χ1v) is 11.1. The van der Waals surface area contributed by atoms with Crippen LogP contribution in [0, 0.1) is 5.92 Å². The van der Waals surface area contributed by atoms with Crippen LogP contribution in [0.25, 0.3) is 0 Å². The predicted octanol–water partition coefficient (Wildman–Crippen LogP) is 5.26. The van der Waals surface area contributed by atoms with Gasteiger partial charge in [-0.15, -0.1) is 0 Å². The van der Waals surface area contributed by atoms with Gasteiger partial charge in [-0.3, -0.25) is 9.59 Å². The number of amides is 2. The lowest BCUT2D eigenvalue weighted by atomic mass is 10.0. The van der Waals surface area contributed by atoms with E-state index in [0.717, 1.165) is 5.69 Å². The number of methoxy groups -OCH3 is 1. The van der Waals surface area contributed by atoms with Crippen LogP contribution >= 0.6 is 0 Å². The Morgan fingerprint density at radius 1 is 0.788 bits per heavy atom. The summed E-state index contributed by atoms with van der Waals surface area (Å²) in [5.41, 5.74) is 3.20. The predicted molar refractivity (Wildman–Crippen MR) is 133 cm³/mol. The molecule has 0 saturated carbocycles. The Labute approximate surface area is 195 Å². The van der Waals surface area contributed by atoms with E-state index in [1.54, 1.807) is 24.3 Å². The van der Waals surface area contributed by atoms with Crippen molar-refractivity contribution >= 4 is 23.2 Å². The van der Waals surface area contributed by atoms with E-state index in [-0.39, 0.29) is 23.8 Å². The Morgan fingerprint density at radius 3 is 2.03 bits per heavy atom. The summed E-state index contributed by atoms with van der Waals surface area (Å²) in [4.78, 5) is 25.7. The fourth-order valence-electron chi connectivity index (χ4n) is 3.53. The first kappa shape index (κ1) is 23.9. The molecule has 3 aromatic carbocycles. The summed E-state index contributed by atoms with van der Waals surface area (Å²) in [6.45, 7) is 5.89. The van der Waals surface area contributed by atoms with Gasteiger partial charge in [0.25, 0.3) is 5.91 Å². The summed E-state index contributed by atoms with van der Waals surface area (Å²) in [6.07, 6.45) is 0. The molecule has 0 spiro atoms. The SMILES string of the molecule is COc1ccccc1C(=O)NC(C(=O)Nc1ccc(NC(C)c2ccccc2)cc1)C(C)C. The molecule has 2 amide bonds. The quantitative estimate of drug-likeness (QED) is 0.420. The smallest absolute Gasteiger partial charge is 0.255 e. The Morgan fingerprint density at radius 2 is 1.39 bits per heavy atom. The number of rotatable bonds is 9. The van der Waals surface area contributed by atoms with Gasteiger partial charge in [0.2, 0.25) is 5.91 Å². The molecule has 0 saturated heterocycles. The lowest BCUT2D eigenvalue weighted by Gasteiger charge is -2.22. The molecule has 2 atom stereocenters. The molecule has 33 heavy (non-hydrogen) atoms. The second kappa shape index (κ2) is 11.2. The van der Waals surface area contributed by atoms with E-state index in [9.17, 15) is 9.59 Å². The van der Waals surface area contributed by atoms with Crippen molar-refractivity contribution in [1.29, 1.82) is 0 Å². The Hall–Kier alpha value is -3.80. The second-order valence-corrected chi connectivity index (χ2v) is 8.24. The van der Waals surface area contributed by atoms with Crippen molar-refractivity contribution in [3.05, 3.63) is 90.0 Å². The van der Waals surface area contributed by atoms with Gasteiger partial charge in [0.15, 0.2) is 0 Å². The molecule has 3 rings (SSSR count). The lowest BCUT2D eigenvalue weighted by molar-refractivity contribution is -0.118. The molecule has 6 nitrogen and oxygen atoms in total. The summed E-state index contributed by atoms with van der Waals surface area (Å²) >= 11 is 0. The maximum atomic E-state index is 13.0. The highest BCUT2D eigenvalue weighted by Gasteiger charge is 2.26. The first-order valence-electron chi connectivity index (χ1n) is 11.1. The van der Waals surface area contributed by atoms with Crippen LogP contribution in [-0.2, 0) is 4.79 Å². The van der Waals surface area contributed by atoms with Crippen molar-refractivity contribution in [1.82, 2.24) is 5.32 Å². The Bertz CT molecular complexity index is 1070. The van der Waals surface area contributed by atoms with E-state index in [1.165, 1.54) is 12.7 Å². The van der Waals surface area contributed by atoms with Crippen LogP contribution in [0.2, 0.25) is 0 Å². The van der Waals surface area contributed by atoms with Gasteiger partial charge in [0, 0.05) is 17.4 Å². The summed E-state index contributed by atoms with van der Waals surface area (Å²) in [6, 6.07) is 24.1. The third-order valence-electron chi connectivity index (χ3n) is 5.42. The van der Waals surface area contributed by atoms with Gasteiger partial charge >= 0.3 is 0 Å². The zero-order valence-electron chi connectivity index (χ0n) is 19.5. The second-order valence-electron chi connectivity index (χ2n) is 8.24. The molecule has 172 valence electrons. The highest BCUT2D eigenvalue weighted by Crippen LogP contribution is 2.21. The standard InChI is InChI=1S/C27H31N3O3/c1-18(2)25(30-26(31)23-12-8-9-13-24(23)33-4)27(32)29-22-16-14-21(15-17-22)28-19(3)20-10-6-5-7-11-20/h5-19,25,28H,1-4H3,(H,29,32)(H,30,31). The minimum Gasteiger partial charge on any atom is -0.496 e. The van der Waals surface area contributed by atoms with Crippen LogP contribution in [0.4, 0.5) is 11.4 Å². The Kier molecular flexibility index (Phi) is 8.08. The minimum atomic E-state index is -0.696. The largest absolute Gasteiger partial charge is 0.496 e. The van der Waals surface area contributed by atoms with Gasteiger partial charge < -0.3 is 20.7 Å². The van der Waals surface area contributed by atoms with Crippen molar-refractivity contribution in [2.75, 3.05) is 17.7 Å². The van der Waals surface area contributed by atoms with Crippen molar-refractivity contribution in [3.8, 4) is 5.75 Å². The van der Waals surface area contributed by atoms with Crippen LogP contribution in [-0.4, -0.2) is 25.0 Å².